The third-order valence-electron chi connectivity index (χ3n) is 3.36. The lowest BCUT2D eigenvalue weighted by Gasteiger charge is -2.41. The van der Waals surface area contributed by atoms with Crippen molar-refractivity contribution in [2.24, 2.45) is 0 Å². The number of nitrogens with zero attached hydrogens (tertiary/aromatic N) is 2. The van der Waals surface area contributed by atoms with Crippen molar-refractivity contribution >= 4 is 11.6 Å². The molecule has 1 aromatic carbocycles. The summed E-state index contributed by atoms with van der Waals surface area (Å²) in [5.74, 6) is -0.0575. The van der Waals surface area contributed by atoms with E-state index in [-0.39, 0.29) is 24.4 Å². The van der Waals surface area contributed by atoms with Crippen molar-refractivity contribution in [3.05, 3.63) is 29.8 Å². The molecule has 2 unspecified atom stereocenters. The van der Waals surface area contributed by atoms with Crippen LogP contribution >= 0.6 is 0 Å². The number of hydrogen-bond donors (Lipinski definition) is 1. The van der Waals surface area contributed by atoms with Crippen LogP contribution in [0.25, 0.3) is 0 Å². The van der Waals surface area contributed by atoms with Crippen LogP contribution in [0, 0.1) is 18.3 Å². The third-order valence-corrected chi connectivity index (χ3v) is 3.36. The van der Waals surface area contributed by atoms with Gasteiger partial charge in [-0.25, -0.2) is 0 Å². The minimum Gasteiger partial charge on any atom is -0.354 e. The largest absolute Gasteiger partial charge is 0.354 e. The number of rotatable bonds is 2. The molecule has 1 heterocycles. The summed E-state index contributed by atoms with van der Waals surface area (Å²) in [4.78, 5) is 14.0. The topological polar surface area (TPSA) is 56.1 Å². The standard InChI is InChI=1S/C14H17N3O/c1-10-5-3-4-6-12(10)17-11(2)9-16-14(18)13(17)7-8-15/h3-6,11,13H,7,9H2,1-2H3,(H,16,18). The number of para-hydroxylation sites is 1. The van der Waals surface area contributed by atoms with Crippen LogP contribution < -0.4 is 10.2 Å². The van der Waals surface area contributed by atoms with Gasteiger partial charge in [-0.2, -0.15) is 5.26 Å². The molecule has 1 fully saturated rings. The van der Waals surface area contributed by atoms with Gasteiger partial charge in [-0.15, -0.1) is 0 Å². The SMILES string of the molecule is Cc1ccccc1N1C(C)CNC(=O)C1CC#N. The highest BCUT2D eigenvalue weighted by Gasteiger charge is 2.34. The molecule has 0 spiro atoms. The zero-order valence-corrected chi connectivity index (χ0v) is 10.7. The molecule has 2 rings (SSSR count). The molecule has 0 aliphatic carbocycles. The van der Waals surface area contributed by atoms with Gasteiger partial charge in [0, 0.05) is 18.3 Å². The average molecular weight is 243 g/mol. The molecule has 0 saturated carbocycles. The van der Waals surface area contributed by atoms with E-state index in [1.165, 1.54) is 0 Å². The van der Waals surface area contributed by atoms with Gasteiger partial charge in [-0.1, -0.05) is 18.2 Å². The Morgan fingerprint density at radius 2 is 2.22 bits per heavy atom. The minimum atomic E-state index is -0.389. The Hall–Kier alpha value is -2.02. The first kappa shape index (κ1) is 12.4. The number of carbonyl (C=O) groups excluding carboxylic acids is 1. The molecule has 1 aromatic rings. The maximum Gasteiger partial charge on any atom is 0.243 e. The number of amides is 1. The molecule has 0 aromatic heterocycles. The second-order valence-electron chi connectivity index (χ2n) is 4.67. The minimum absolute atomic E-state index is 0.0575. The summed E-state index contributed by atoms with van der Waals surface area (Å²) in [5.41, 5.74) is 2.17. The van der Waals surface area contributed by atoms with Gasteiger partial charge >= 0.3 is 0 Å². The summed E-state index contributed by atoms with van der Waals surface area (Å²) >= 11 is 0. The van der Waals surface area contributed by atoms with Crippen molar-refractivity contribution in [3.8, 4) is 6.07 Å². The fourth-order valence-electron chi connectivity index (χ4n) is 2.43. The number of benzene rings is 1. The van der Waals surface area contributed by atoms with Gasteiger partial charge in [0.25, 0.3) is 0 Å². The number of anilines is 1. The quantitative estimate of drug-likeness (QED) is 0.858. The Morgan fingerprint density at radius 3 is 2.89 bits per heavy atom. The summed E-state index contributed by atoms with van der Waals surface area (Å²) in [7, 11) is 0. The summed E-state index contributed by atoms with van der Waals surface area (Å²) in [5, 5.41) is 11.8. The first-order chi connectivity index (χ1) is 8.65. The van der Waals surface area contributed by atoms with E-state index in [2.05, 4.69) is 23.2 Å². The van der Waals surface area contributed by atoms with E-state index in [0.717, 1.165) is 11.3 Å². The monoisotopic (exact) mass is 243 g/mol. The summed E-state index contributed by atoms with van der Waals surface area (Å²) < 4.78 is 0. The van der Waals surface area contributed by atoms with Crippen LogP contribution in [-0.2, 0) is 4.79 Å². The van der Waals surface area contributed by atoms with Crippen molar-refractivity contribution in [3.63, 3.8) is 0 Å². The third kappa shape index (κ3) is 2.17. The van der Waals surface area contributed by atoms with Crippen molar-refractivity contribution in [2.45, 2.75) is 32.4 Å². The van der Waals surface area contributed by atoms with Crippen molar-refractivity contribution in [1.82, 2.24) is 5.32 Å². The van der Waals surface area contributed by atoms with Gasteiger partial charge < -0.3 is 10.2 Å². The molecular weight excluding hydrogens is 226 g/mol. The molecule has 1 saturated heterocycles. The van der Waals surface area contributed by atoms with Gasteiger partial charge in [-0.3, -0.25) is 4.79 Å². The fourth-order valence-corrected chi connectivity index (χ4v) is 2.43. The molecule has 1 amide bonds. The number of nitriles is 1. The molecule has 1 N–H and O–H groups in total. The molecule has 4 nitrogen and oxygen atoms in total. The molecule has 94 valence electrons. The van der Waals surface area contributed by atoms with E-state index in [9.17, 15) is 4.79 Å². The first-order valence-corrected chi connectivity index (χ1v) is 6.13. The maximum atomic E-state index is 11.9. The van der Waals surface area contributed by atoms with Crippen LogP contribution in [0.3, 0.4) is 0 Å². The zero-order chi connectivity index (χ0) is 13.1. The van der Waals surface area contributed by atoms with Crippen molar-refractivity contribution in [1.29, 1.82) is 5.26 Å². The first-order valence-electron chi connectivity index (χ1n) is 6.13. The Morgan fingerprint density at radius 1 is 1.50 bits per heavy atom. The Balaban J connectivity index is 2.40. The van der Waals surface area contributed by atoms with Gasteiger partial charge in [0.05, 0.1) is 12.5 Å². The highest BCUT2D eigenvalue weighted by Crippen LogP contribution is 2.27. The number of piperazine rings is 1. The average Bonchev–Trinajstić information content (AvgIpc) is 2.36. The zero-order valence-electron chi connectivity index (χ0n) is 10.7. The highest BCUT2D eigenvalue weighted by molar-refractivity contribution is 5.87. The lowest BCUT2D eigenvalue weighted by atomic mass is 10.0. The maximum absolute atomic E-state index is 11.9. The number of nitrogens with one attached hydrogen (secondary N) is 1. The van der Waals surface area contributed by atoms with Gasteiger partial charge in [-0.05, 0) is 25.5 Å². The lowest BCUT2D eigenvalue weighted by molar-refractivity contribution is -0.123. The van der Waals surface area contributed by atoms with Crippen LogP contribution in [0.2, 0.25) is 0 Å². The van der Waals surface area contributed by atoms with Crippen LogP contribution in [0.5, 0.6) is 0 Å². The Kier molecular flexibility index (Phi) is 3.52. The molecule has 1 aliphatic heterocycles. The van der Waals surface area contributed by atoms with Crippen LogP contribution in [0.15, 0.2) is 24.3 Å². The second kappa shape index (κ2) is 5.09. The predicted octanol–water partition coefficient (Wildman–Crippen LogP) is 1.60. The predicted molar refractivity (Wildman–Crippen MR) is 70.1 cm³/mol. The second-order valence-corrected chi connectivity index (χ2v) is 4.67. The molecule has 2 atom stereocenters. The van der Waals surface area contributed by atoms with E-state index in [1.54, 1.807) is 0 Å². The fraction of sp³-hybridized carbons (Fsp3) is 0.429. The molecule has 18 heavy (non-hydrogen) atoms. The van der Waals surface area contributed by atoms with E-state index in [0.29, 0.717) is 6.54 Å². The summed E-state index contributed by atoms with van der Waals surface area (Å²) in [6.45, 7) is 4.71. The van der Waals surface area contributed by atoms with E-state index >= 15 is 0 Å². The highest BCUT2D eigenvalue weighted by atomic mass is 16.2. The van der Waals surface area contributed by atoms with E-state index in [4.69, 9.17) is 5.26 Å². The molecular formula is C14H17N3O. The number of aryl methyl sites for hydroxylation is 1. The normalized spacial score (nSPS) is 23.4. The molecule has 1 aliphatic rings. The molecule has 4 heteroatoms. The van der Waals surface area contributed by atoms with Gasteiger partial charge in [0.15, 0.2) is 0 Å². The summed E-state index contributed by atoms with van der Waals surface area (Å²) in [6, 6.07) is 9.89. The lowest BCUT2D eigenvalue weighted by Crippen LogP contribution is -2.60. The molecule has 0 radical (unpaired) electrons. The van der Waals surface area contributed by atoms with Gasteiger partial charge in [0.1, 0.15) is 6.04 Å². The van der Waals surface area contributed by atoms with E-state index < -0.39 is 0 Å². The molecule has 0 bridgehead atoms. The smallest absolute Gasteiger partial charge is 0.243 e. The number of carbonyl (C=O) groups is 1. The number of hydrogen-bond acceptors (Lipinski definition) is 3. The summed E-state index contributed by atoms with van der Waals surface area (Å²) in [6.07, 6.45) is 0.213. The van der Waals surface area contributed by atoms with Gasteiger partial charge in [0.2, 0.25) is 5.91 Å². The van der Waals surface area contributed by atoms with Crippen LogP contribution in [0.1, 0.15) is 18.9 Å². The van der Waals surface area contributed by atoms with Crippen LogP contribution in [0.4, 0.5) is 5.69 Å². The Labute approximate surface area is 107 Å². The van der Waals surface area contributed by atoms with Crippen molar-refractivity contribution in [2.75, 3.05) is 11.4 Å². The Bertz CT molecular complexity index is 492. The van der Waals surface area contributed by atoms with Crippen molar-refractivity contribution < 1.29 is 4.79 Å². The van der Waals surface area contributed by atoms with E-state index in [1.807, 2.05) is 31.2 Å². The van der Waals surface area contributed by atoms with Crippen LogP contribution in [-0.4, -0.2) is 24.5 Å².